The molecule has 2 atom stereocenters. The number of ether oxygens (including phenoxy) is 2. The van der Waals surface area contributed by atoms with E-state index >= 15 is 0 Å². The van der Waals surface area contributed by atoms with Crippen LogP contribution in [0, 0.1) is 0 Å². The molecular weight excluding hydrogens is 803 g/mol. The van der Waals surface area contributed by atoms with Crippen LogP contribution in [0.3, 0.4) is 0 Å². The van der Waals surface area contributed by atoms with Crippen molar-refractivity contribution in [2.24, 2.45) is 0 Å². The van der Waals surface area contributed by atoms with Crippen molar-refractivity contribution in [2.45, 2.75) is 12.4 Å². The van der Waals surface area contributed by atoms with E-state index in [1.165, 1.54) is 36.4 Å². The van der Waals surface area contributed by atoms with Crippen molar-refractivity contribution in [1.82, 2.24) is 0 Å². The van der Waals surface area contributed by atoms with Crippen molar-refractivity contribution in [1.29, 1.82) is 0 Å². The summed E-state index contributed by atoms with van der Waals surface area (Å²) in [5, 5.41) is 0.520. The predicted octanol–water partition coefficient (Wildman–Crippen LogP) is 11.6. The second kappa shape index (κ2) is 14.7. The van der Waals surface area contributed by atoms with E-state index in [0.717, 1.165) is 36.4 Å². The summed E-state index contributed by atoms with van der Waals surface area (Å²) in [6.45, 7) is 0. The number of carbonyl (C=O) groups excluding carboxylic acids is 2. The molecular formula is C44H24F6O6S2+2. The highest BCUT2D eigenvalue weighted by Crippen LogP contribution is 2.46. The highest BCUT2D eigenvalue weighted by atomic mass is 32.2. The molecule has 0 fully saturated rings. The molecule has 14 heteroatoms. The average Bonchev–Trinajstić information content (AvgIpc) is 3.20. The number of hydrogen-bond acceptors (Lipinski definition) is 6. The van der Waals surface area contributed by atoms with Gasteiger partial charge in [0.05, 0.1) is 32.7 Å². The van der Waals surface area contributed by atoms with E-state index in [4.69, 9.17) is 9.47 Å². The van der Waals surface area contributed by atoms with Crippen LogP contribution >= 0.6 is 20.9 Å². The van der Waals surface area contributed by atoms with Crippen LogP contribution in [0.25, 0.3) is 50.1 Å². The molecule has 0 spiro atoms. The normalized spacial score (nSPS) is 12.8. The minimum atomic E-state index is -4.63. The number of fused-ring (bicyclic) bond motifs is 4. The predicted molar refractivity (Wildman–Crippen MR) is 213 cm³/mol. The van der Waals surface area contributed by atoms with Gasteiger partial charge in [0.25, 0.3) is 0 Å². The standard InChI is InChI=1S/C44H24F6O6S2/c45-43(46,47)25-9-19-37-33(23-25)41(53)31-5-1-3-7-35(31)57(37)29-15-11-27(12-16-29)55-39(51)21-22-40(52)56-28-13-17-30(18-14-28)58-36-8-4-2-6-32(36)42(54)34-24-26(44(48,49)50)10-20-38(34)58/h1-24H/q+2/b22-21+. The van der Waals surface area contributed by atoms with Gasteiger partial charge in [-0.15, -0.1) is 0 Å². The lowest BCUT2D eigenvalue weighted by Gasteiger charge is -2.08. The van der Waals surface area contributed by atoms with Gasteiger partial charge in [-0.05, 0) is 84.9 Å². The lowest BCUT2D eigenvalue weighted by Crippen LogP contribution is -2.08. The number of esters is 2. The number of rotatable bonds is 6. The van der Waals surface area contributed by atoms with Crippen LogP contribution in [0.1, 0.15) is 11.1 Å². The molecule has 6 nitrogen and oxygen atoms in total. The molecule has 0 saturated heterocycles. The van der Waals surface area contributed by atoms with Crippen LogP contribution in [-0.2, 0) is 21.9 Å². The second-order valence-corrected chi connectivity index (χ2v) is 16.7. The fraction of sp³-hybridized carbons (Fsp3) is 0.0455. The molecule has 0 aliphatic rings. The van der Waals surface area contributed by atoms with Gasteiger partial charge in [-0.25, -0.2) is 9.59 Å². The summed E-state index contributed by atoms with van der Waals surface area (Å²) in [5.41, 5.74) is -2.86. The van der Waals surface area contributed by atoms with Crippen LogP contribution < -0.4 is 20.3 Å². The van der Waals surface area contributed by atoms with Gasteiger partial charge in [0.1, 0.15) is 11.5 Å². The maximum atomic E-state index is 13.5. The van der Waals surface area contributed by atoms with Gasteiger partial charge in [0.2, 0.25) is 10.9 Å². The van der Waals surface area contributed by atoms with Crippen molar-refractivity contribution in [3.8, 4) is 21.3 Å². The Bertz CT molecular complexity index is 2900. The molecule has 8 rings (SSSR count). The van der Waals surface area contributed by atoms with Gasteiger partial charge in [-0.2, -0.15) is 26.3 Å². The zero-order chi connectivity index (χ0) is 40.9. The average molecular weight is 827 g/mol. The van der Waals surface area contributed by atoms with Gasteiger partial charge in [-0.3, -0.25) is 9.59 Å². The first-order chi connectivity index (χ1) is 27.7. The monoisotopic (exact) mass is 826 g/mol. The minimum Gasteiger partial charge on any atom is -0.423 e. The molecule has 0 N–H and O–H groups in total. The maximum absolute atomic E-state index is 13.5. The Balaban J connectivity index is 0.986. The molecule has 288 valence electrons. The van der Waals surface area contributed by atoms with E-state index in [1.54, 1.807) is 72.8 Å². The number of alkyl halides is 6. The summed E-state index contributed by atoms with van der Waals surface area (Å²) < 4.78 is 94.0. The molecule has 6 aromatic carbocycles. The van der Waals surface area contributed by atoms with E-state index in [-0.39, 0.29) is 22.3 Å². The minimum absolute atomic E-state index is 0.0369. The summed E-state index contributed by atoms with van der Waals surface area (Å²) in [6, 6.07) is 32.2. The zero-order valence-corrected chi connectivity index (χ0v) is 31.0. The molecule has 0 amide bonds. The van der Waals surface area contributed by atoms with Crippen molar-refractivity contribution >= 4 is 73.2 Å². The summed E-state index contributed by atoms with van der Waals surface area (Å²) in [5.74, 6) is -1.58. The zero-order valence-electron chi connectivity index (χ0n) is 29.4. The van der Waals surface area contributed by atoms with Crippen molar-refractivity contribution in [3.05, 3.63) is 177 Å². The molecule has 2 heterocycles. The molecule has 0 saturated carbocycles. The maximum Gasteiger partial charge on any atom is 0.416 e. The van der Waals surface area contributed by atoms with Gasteiger partial charge in [0.15, 0.2) is 28.6 Å². The lowest BCUT2D eigenvalue weighted by atomic mass is 10.1. The van der Waals surface area contributed by atoms with E-state index in [9.17, 15) is 45.5 Å². The van der Waals surface area contributed by atoms with Gasteiger partial charge in [-0.1, -0.05) is 24.3 Å². The Hall–Kier alpha value is -6.64. The van der Waals surface area contributed by atoms with Crippen molar-refractivity contribution < 1.29 is 45.4 Å². The largest absolute Gasteiger partial charge is 0.423 e. The van der Waals surface area contributed by atoms with Gasteiger partial charge >= 0.3 is 24.3 Å². The molecule has 0 aliphatic heterocycles. The van der Waals surface area contributed by atoms with Crippen LogP contribution in [0.5, 0.6) is 11.5 Å². The summed E-state index contributed by atoms with van der Waals surface area (Å²) in [4.78, 5) is 53.1. The topological polar surface area (TPSA) is 86.7 Å². The number of halogens is 6. The Labute approximate surface area is 328 Å². The lowest BCUT2D eigenvalue weighted by molar-refractivity contribution is -0.138. The van der Waals surface area contributed by atoms with Crippen molar-refractivity contribution in [2.75, 3.05) is 0 Å². The third kappa shape index (κ3) is 7.23. The first kappa shape index (κ1) is 38.2. The second-order valence-electron chi connectivity index (χ2n) is 12.8. The SMILES string of the molecule is O=C(/C=C/C(=O)Oc1ccc(-[s+]2c3ccccc3c(=O)c3cc(C(F)(F)F)ccc32)cc1)Oc1ccc(-[s+]2c3ccccc3c(=O)c3cc(C(F)(F)F)ccc32)cc1. The molecule has 0 bridgehead atoms. The fourth-order valence-corrected chi connectivity index (χ4v) is 11.2. The molecule has 0 radical (unpaired) electrons. The van der Waals surface area contributed by atoms with E-state index in [2.05, 4.69) is 0 Å². The first-order valence-corrected chi connectivity index (χ1v) is 19.6. The molecule has 8 aromatic rings. The fourth-order valence-electron chi connectivity index (χ4n) is 6.55. The van der Waals surface area contributed by atoms with Crippen molar-refractivity contribution in [3.63, 3.8) is 0 Å². The smallest absolute Gasteiger partial charge is 0.416 e. The van der Waals surface area contributed by atoms with E-state index in [1.807, 2.05) is 0 Å². The Morgan fingerprint density at radius 3 is 1.16 bits per heavy atom. The van der Waals surface area contributed by atoms with Crippen LogP contribution in [0.2, 0.25) is 0 Å². The first-order valence-electron chi connectivity index (χ1n) is 17.2. The Morgan fingerprint density at radius 1 is 0.448 bits per heavy atom. The van der Waals surface area contributed by atoms with Crippen LogP contribution in [0.15, 0.2) is 155 Å². The number of hydrogen-bond donors (Lipinski definition) is 0. The Kier molecular flexibility index (Phi) is 9.69. The third-order valence-electron chi connectivity index (χ3n) is 9.16. The Morgan fingerprint density at radius 2 is 0.793 bits per heavy atom. The summed E-state index contributed by atoms with van der Waals surface area (Å²) in [7, 11) is -1.89. The van der Waals surface area contributed by atoms with Crippen LogP contribution in [-0.4, -0.2) is 11.9 Å². The summed E-state index contributed by atoms with van der Waals surface area (Å²) >= 11 is 0. The highest BCUT2D eigenvalue weighted by Gasteiger charge is 2.34. The summed E-state index contributed by atoms with van der Waals surface area (Å²) in [6.07, 6.45) is -7.52. The van der Waals surface area contributed by atoms with E-state index in [0.29, 0.717) is 39.4 Å². The van der Waals surface area contributed by atoms with Crippen LogP contribution in [0.4, 0.5) is 26.3 Å². The van der Waals surface area contributed by atoms with E-state index < -0.39 is 67.2 Å². The van der Waals surface area contributed by atoms with Gasteiger partial charge in [0, 0.05) is 57.4 Å². The number of benzene rings is 6. The third-order valence-corrected chi connectivity index (χ3v) is 13.8. The number of carbonyl (C=O) groups is 2. The molecule has 58 heavy (non-hydrogen) atoms. The highest BCUT2D eigenvalue weighted by molar-refractivity contribution is 7.50. The molecule has 2 unspecified atom stereocenters. The van der Waals surface area contributed by atoms with Gasteiger partial charge < -0.3 is 9.47 Å². The molecule has 0 aliphatic carbocycles. The quantitative estimate of drug-likeness (QED) is 0.0414. The molecule has 2 aromatic heterocycles.